The maximum Gasteiger partial charge on any atom is 0.411 e. The lowest BCUT2D eigenvalue weighted by atomic mass is 9.95. The Morgan fingerprint density at radius 3 is 2.64 bits per heavy atom. The van der Waals surface area contributed by atoms with Gasteiger partial charge in [0.1, 0.15) is 5.60 Å². The Bertz CT molecular complexity index is 618. The van der Waals surface area contributed by atoms with E-state index in [4.69, 9.17) is 4.74 Å². The van der Waals surface area contributed by atoms with Crippen molar-refractivity contribution in [3.8, 4) is 0 Å². The molecule has 1 aromatic rings. The summed E-state index contributed by atoms with van der Waals surface area (Å²) in [6.07, 6.45) is 5.04. The molecule has 1 fully saturated rings. The molecule has 22 heavy (non-hydrogen) atoms. The van der Waals surface area contributed by atoms with E-state index in [1.165, 1.54) is 11.1 Å². The number of amides is 1. The monoisotopic (exact) mass is 363 g/mol. The van der Waals surface area contributed by atoms with Crippen molar-refractivity contribution in [2.24, 2.45) is 0 Å². The van der Waals surface area contributed by atoms with Crippen LogP contribution in [0.25, 0.3) is 5.57 Å². The van der Waals surface area contributed by atoms with Crippen molar-refractivity contribution in [2.75, 3.05) is 0 Å². The first-order chi connectivity index (χ1) is 10.3. The molecular formula is C18H22BrNO2. The van der Waals surface area contributed by atoms with Crippen LogP contribution in [0.3, 0.4) is 0 Å². The normalized spacial score (nSPS) is 24.2. The van der Waals surface area contributed by atoms with Crippen LogP contribution in [0.4, 0.5) is 4.79 Å². The lowest BCUT2D eigenvalue weighted by Crippen LogP contribution is -2.45. The first-order valence-corrected chi connectivity index (χ1v) is 8.61. The highest BCUT2D eigenvalue weighted by Gasteiger charge is 2.41. The van der Waals surface area contributed by atoms with Gasteiger partial charge in [0.15, 0.2) is 0 Å². The molecule has 0 saturated carbocycles. The number of halogens is 1. The summed E-state index contributed by atoms with van der Waals surface area (Å²) in [6.45, 7) is 5.75. The number of fused-ring (bicyclic) bond motifs is 2. The van der Waals surface area contributed by atoms with Crippen molar-refractivity contribution in [3.63, 3.8) is 0 Å². The van der Waals surface area contributed by atoms with Gasteiger partial charge in [-0.1, -0.05) is 40.2 Å². The molecule has 2 unspecified atom stereocenters. The second-order valence-electron chi connectivity index (χ2n) is 7.06. The van der Waals surface area contributed by atoms with Crippen molar-refractivity contribution in [2.45, 2.75) is 57.7 Å². The van der Waals surface area contributed by atoms with Gasteiger partial charge in [-0.15, -0.1) is 0 Å². The Labute approximate surface area is 140 Å². The van der Waals surface area contributed by atoms with Gasteiger partial charge in [0.25, 0.3) is 0 Å². The summed E-state index contributed by atoms with van der Waals surface area (Å²) < 4.78 is 6.69. The largest absolute Gasteiger partial charge is 0.444 e. The molecule has 4 heteroatoms. The van der Waals surface area contributed by atoms with E-state index in [2.05, 4.69) is 40.2 Å². The van der Waals surface area contributed by atoms with Crippen LogP contribution in [0.15, 0.2) is 34.8 Å². The predicted octanol–water partition coefficient (Wildman–Crippen LogP) is 5.00. The van der Waals surface area contributed by atoms with E-state index in [0.29, 0.717) is 0 Å². The lowest BCUT2D eigenvalue weighted by Gasteiger charge is -2.35. The number of ether oxygens (including phenoxy) is 1. The van der Waals surface area contributed by atoms with Crippen LogP contribution in [0.2, 0.25) is 0 Å². The Morgan fingerprint density at radius 1 is 1.27 bits per heavy atom. The first-order valence-electron chi connectivity index (χ1n) is 7.82. The van der Waals surface area contributed by atoms with Crippen LogP contribution in [0.1, 0.15) is 45.6 Å². The van der Waals surface area contributed by atoms with Gasteiger partial charge in [-0.25, -0.2) is 4.79 Å². The molecule has 1 amide bonds. The fraction of sp³-hybridized carbons (Fsp3) is 0.500. The third kappa shape index (κ3) is 3.07. The van der Waals surface area contributed by atoms with Gasteiger partial charge >= 0.3 is 6.09 Å². The van der Waals surface area contributed by atoms with Crippen molar-refractivity contribution < 1.29 is 9.53 Å². The summed E-state index contributed by atoms with van der Waals surface area (Å²) in [5.41, 5.74) is 2.13. The van der Waals surface area contributed by atoms with Crippen LogP contribution in [-0.2, 0) is 4.74 Å². The molecule has 2 bridgehead atoms. The summed E-state index contributed by atoms with van der Waals surface area (Å²) in [5.74, 6) is 0. The number of hydrogen-bond acceptors (Lipinski definition) is 2. The third-order valence-corrected chi connectivity index (χ3v) is 4.91. The highest BCUT2D eigenvalue weighted by molar-refractivity contribution is 9.10. The van der Waals surface area contributed by atoms with Crippen LogP contribution >= 0.6 is 15.9 Å². The maximum absolute atomic E-state index is 12.4. The zero-order valence-electron chi connectivity index (χ0n) is 13.3. The molecule has 2 aliphatic heterocycles. The van der Waals surface area contributed by atoms with Gasteiger partial charge in [0, 0.05) is 10.5 Å². The van der Waals surface area contributed by atoms with Crippen LogP contribution < -0.4 is 0 Å². The summed E-state index contributed by atoms with van der Waals surface area (Å²) in [7, 11) is 0. The summed E-state index contributed by atoms with van der Waals surface area (Å²) in [5, 5.41) is 0. The average Bonchev–Trinajstić information content (AvgIpc) is 2.68. The molecule has 2 atom stereocenters. The number of carbonyl (C=O) groups excluding carboxylic acids is 1. The number of carbonyl (C=O) groups is 1. The third-order valence-electron chi connectivity index (χ3n) is 4.22. The molecule has 2 heterocycles. The molecule has 0 aliphatic carbocycles. The van der Waals surface area contributed by atoms with E-state index in [1.807, 2.05) is 31.7 Å². The van der Waals surface area contributed by atoms with Crippen LogP contribution in [0, 0.1) is 0 Å². The van der Waals surface area contributed by atoms with Crippen LogP contribution in [-0.4, -0.2) is 28.7 Å². The van der Waals surface area contributed by atoms with Crippen molar-refractivity contribution in [1.82, 2.24) is 4.90 Å². The molecule has 1 aromatic carbocycles. The molecular weight excluding hydrogens is 342 g/mol. The molecule has 0 radical (unpaired) electrons. The van der Waals surface area contributed by atoms with Crippen molar-refractivity contribution >= 4 is 27.6 Å². The van der Waals surface area contributed by atoms with Crippen molar-refractivity contribution in [3.05, 3.63) is 40.4 Å². The SMILES string of the molecule is CC(C)(C)OC(=O)N1C2C=C(c3ccccc3Br)CC1CC2. The van der Waals surface area contributed by atoms with Crippen molar-refractivity contribution in [1.29, 1.82) is 0 Å². The quantitative estimate of drug-likeness (QED) is 0.702. The second-order valence-corrected chi connectivity index (χ2v) is 7.92. The van der Waals surface area contributed by atoms with Gasteiger partial charge in [-0.3, -0.25) is 4.90 Å². The van der Waals surface area contributed by atoms with E-state index in [1.54, 1.807) is 0 Å². The highest BCUT2D eigenvalue weighted by atomic mass is 79.9. The molecule has 3 rings (SSSR count). The minimum absolute atomic E-state index is 0.163. The fourth-order valence-electron chi connectivity index (χ4n) is 3.35. The Morgan fingerprint density at radius 2 is 2.00 bits per heavy atom. The van der Waals surface area contributed by atoms with Gasteiger partial charge in [-0.2, -0.15) is 0 Å². The Kier molecular flexibility index (Phi) is 4.06. The van der Waals surface area contributed by atoms with E-state index < -0.39 is 5.60 Å². The summed E-state index contributed by atoms with van der Waals surface area (Å²) in [4.78, 5) is 14.4. The van der Waals surface area contributed by atoms with Gasteiger partial charge in [-0.05, 0) is 57.2 Å². The molecule has 0 spiro atoms. The number of hydrogen-bond donors (Lipinski definition) is 0. The number of benzene rings is 1. The zero-order valence-corrected chi connectivity index (χ0v) is 14.9. The van der Waals surface area contributed by atoms with E-state index >= 15 is 0 Å². The predicted molar refractivity (Wildman–Crippen MR) is 91.6 cm³/mol. The molecule has 0 aromatic heterocycles. The van der Waals surface area contributed by atoms with E-state index in [-0.39, 0.29) is 18.2 Å². The van der Waals surface area contributed by atoms with E-state index in [9.17, 15) is 4.79 Å². The van der Waals surface area contributed by atoms with E-state index in [0.717, 1.165) is 23.7 Å². The Hall–Kier alpha value is -1.29. The average molecular weight is 364 g/mol. The fourth-order valence-corrected chi connectivity index (χ4v) is 3.89. The highest BCUT2D eigenvalue weighted by Crippen LogP contribution is 2.40. The number of nitrogens with zero attached hydrogens (tertiary/aromatic N) is 1. The first kappa shape index (κ1) is 15.6. The second kappa shape index (κ2) is 5.73. The molecule has 0 N–H and O–H groups in total. The minimum atomic E-state index is -0.441. The Balaban J connectivity index is 1.84. The lowest BCUT2D eigenvalue weighted by molar-refractivity contribution is 0.0175. The molecule has 3 nitrogen and oxygen atoms in total. The topological polar surface area (TPSA) is 29.5 Å². The summed E-state index contributed by atoms with van der Waals surface area (Å²) >= 11 is 3.63. The molecule has 118 valence electrons. The summed E-state index contributed by atoms with van der Waals surface area (Å²) in [6, 6.07) is 8.71. The number of rotatable bonds is 1. The standard InChI is InChI=1S/C18H22BrNO2/c1-18(2,3)22-17(21)20-13-8-9-14(20)11-12(10-13)15-6-4-5-7-16(15)19/h4-7,10,13-14H,8-9,11H2,1-3H3. The van der Waals surface area contributed by atoms with Crippen LogP contribution in [0.5, 0.6) is 0 Å². The van der Waals surface area contributed by atoms with Gasteiger partial charge < -0.3 is 4.74 Å². The minimum Gasteiger partial charge on any atom is -0.444 e. The zero-order chi connectivity index (χ0) is 15.9. The smallest absolute Gasteiger partial charge is 0.411 e. The molecule has 1 saturated heterocycles. The van der Waals surface area contributed by atoms with Gasteiger partial charge in [0.2, 0.25) is 0 Å². The van der Waals surface area contributed by atoms with Gasteiger partial charge in [0.05, 0.1) is 6.04 Å². The molecule has 2 aliphatic rings. The maximum atomic E-state index is 12.4.